The highest BCUT2D eigenvalue weighted by Crippen LogP contribution is 2.12. The number of amides is 1. The molecule has 3 aromatic rings. The van der Waals surface area contributed by atoms with Crippen molar-refractivity contribution in [1.82, 2.24) is 9.88 Å². The molecule has 0 aliphatic heterocycles. The molecule has 0 atom stereocenters. The lowest BCUT2D eigenvalue weighted by Gasteiger charge is -2.12. The van der Waals surface area contributed by atoms with Gasteiger partial charge in [-0.1, -0.05) is 18.2 Å². The minimum atomic E-state index is -0.512. The van der Waals surface area contributed by atoms with Crippen LogP contribution in [0, 0.1) is 18.3 Å². The van der Waals surface area contributed by atoms with E-state index < -0.39 is 17.4 Å². The summed E-state index contributed by atoms with van der Waals surface area (Å²) in [4.78, 5) is 37.1. The number of rotatable bonds is 5. The summed E-state index contributed by atoms with van der Waals surface area (Å²) in [5, 5.41) is 11.8. The number of aryl methyl sites for hydroxylation is 1. The summed E-state index contributed by atoms with van der Waals surface area (Å²) in [6.45, 7) is 1.95. The molecule has 0 aliphatic carbocycles. The largest absolute Gasteiger partial charge is 0.465 e. The molecular formula is C23H19N3O4. The van der Waals surface area contributed by atoms with Crippen molar-refractivity contribution in [3.8, 4) is 11.8 Å². The molecule has 0 radical (unpaired) electrons. The fourth-order valence-electron chi connectivity index (χ4n) is 2.99. The number of carbonyl (C=O) groups is 2. The third-order valence-corrected chi connectivity index (χ3v) is 4.58. The summed E-state index contributed by atoms with van der Waals surface area (Å²) >= 11 is 0. The zero-order valence-electron chi connectivity index (χ0n) is 16.5. The van der Waals surface area contributed by atoms with Crippen molar-refractivity contribution in [3.63, 3.8) is 0 Å². The predicted octanol–water partition coefficient (Wildman–Crippen LogP) is 2.73. The Bertz CT molecular complexity index is 1200. The maximum atomic E-state index is 13.0. The van der Waals surface area contributed by atoms with Gasteiger partial charge in [-0.25, -0.2) is 4.79 Å². The quantitative estimate of drug-likeness (QED) is 0.663. The number of hydrogen-bond acceptors (Lipinski definition) is 5. The highest BCUT2D eigenvalue weighted by molar-refractivity contribution is 5.94. The Morgan fingerprint density at radius 2 is 1.83 bits per heavy atom. The van der Waals surface area contributed by atoms with Crippen molar-refractivity contribution in [2.24, 2.45) is 0 Å². The van der Waals surface area contributed by atoms with Gasteiger partial charge in [0.25, 0.3) is 11.5 Å². The van der Waals surface area contributed by atoms with Crippen LogP contribution < -0.4 is 10.9 Å². The van der Waals surface area contributed by atoms with Crippen LogP contribution >= 0.6 is 0 Å². The molecule has 0 unspecified atom stereocenters. The monoisotopic (exact) mass is 401 g/mol. The average molecular weight is 401 g/mol. The number of carbonyl (C=O) groups excluding carboxylic acids is 2. The Morgan fingerprint density at radius 1 is 1.10 bits per heavy atom. The normalized spacial score (nSPS) is 10.2. The number of aromatic nitrogens is 1. The van der Waals surface area contributed by atoms with E-state index in [0.29, 0.717) is 22.5 Å². The van der Waals surface area contributed by atoms with Gasteiger partial charge in [0.1, 0.15) is 5.56 Å². The number of nitrogens with one attached hydrogen (secondary N) is 1. The second-order valence-corrected chi connectivity index (χ2v) is 6.56. The van der Waals surface area contributed by atoms with Gasteiger partial charge in [-0.2, -0.15) is 5.26 Å². The van der Waals surface area contributed by atoms with Gasteiger partial charge in [-0.05, 0) is 55.0 Å². The Morgan fingerprint density at radius 3 is 2.50 bits per heavy atom. The van der Waals surface area contributed by atoms with Crippen molar-refractivity contribution in [1.29, 1.82) is 5.26 Å². The Labute approximate surface area is 173 Å². The van der Waals surface area contributed by atoms with Crippen LogP contribution in [0.5, 0.6) is 0 Å². The van der Waals surface area contributed by atoms with Crippen LogP contribution in [-0.2, 0) is 11.3 Å². The average Bonchev–Trinajstić information content (AvgIpc) is 2.77. The van der Waals surface area contributed by atoms with Crippen molar-refractivity contribution < 1.29 is 14.3 Å². The van der Waals surface area contributed by atoms with Gasteiger partial charge < -0.3 is 10.1 Å². The van der Waals surface area contributed by atoms with E-state index in [1.54, 1.807) is 61.5 Å². The predicted molar refractivity (Wildman–Crippen MR) is 110 cm³/mol. The molecule has 1 heterocycles. The number of pyridine rings is 1. The number of nitrogens with zero attached hydrogens (tertiary/aromatic N) is 2. The van der Waals surface area contributed by atoms with E-state index in [1.165, 1.54) is 17.7 Å². The first-order valence-electron chi connectivity index (χ1n) is 9.13. The Kier molecular flexibility index (Phi) is 6.08. The van der Waals surface area contributed by atoms with Crippen LogP contribution in [0.1, 0.15) is 37.5 Å². The second-order valence-electron chi connectivity index (χ2n) is 6.56. The van der Waals surface area contributed by atoms with Gasteiger partial charge in [0.2, 0.25) is 0 Å². The highest BCUT2D eigenvalue weighted by atomic mass is 16.5. The second kappa shape index (κ2) is 8.88. The van der Waals surface area contributed by atoms with Crippen molar-refractivity contribution >= 4 is 11.9 Å². The SMILES string of the molecule is COC(=O)c1ccc(CNC(=O)c2ccc(C)n(-c3cccc(C#N)c3)c2=O)cc1. The van der Waals surface area contributed by atoms with Gasteiger partial charge in [0.05, 0.1) is 30.0 Å². The molecule has 1 N–H and O–H groups in total. The molecular weight excluding hydrogens is 382 g/mol. The minimum Gasteiger partial charge on any atom is -0.465 e. The van der Waals surface area contributed by atoms with Gasteiger partial charge in [-0.3, -0.25) is 14.2 Å². The first kappa shape index (κ1) is 20.6. The van der Waals surface area contributed by atoms with Gasteiger partial charge in [0, 0.05) is 12.2 Å². The van der Waals surface area contributed by atoms with E-state index in [1.807, 2.05) is 6.07 Å². The molecule has 150 valence electrons. The van der Waals surface area contributed by atoms with Gasteiger partial charge in [0.15, 0.2) is 0 Å². The molecule has 0 saturated heterocycles. The molecule has 0 fully saturated rings. The maximum absolute atomic E-state index is 13.0. The Balaban J connectivity index is 1.82. The molecule has 0 bridgehead atoms. The van der Waals surface area contributed by atoms with Crippen molar-refractivity contribution in [3.05, 3.63) is 99.0 Å². The lowest BCUT2D eigenvalue weighted by atomic mass is 10.1. The van der Waals surface area contributed by atoms with Crippen LogP contribution in [0.15, 0.2) is 65.5 Å². The lowest BCUT2D eigenvalue weighted by Crippen LogP contribution is -2.33. The third kappa shape index (κ3) is 4.28. The summed E-state index contributed by atoms with van der Waals surface area (Å²) in [5.41, 5.74) is 2.29. The molecule has 3 rings (SSSR count). The number of benzene rings is 2. The number of esters is 1. The maximum Gasteiger partial charge on any atom is 0.337 e. The minimum absolute atomic E-state index is 0.00542. The van der Waals surface area contributed by atoms with Crippen LogP contribution in [0.25, 0.3) is 5.69 Å². The van der Waals surface area contributed by atoms with Gasteiger partial charge >= 0.3 is 5.97 Å². The van der Waals surface area contributed by atoms with E-state index in [-0.39, 0.29) is 12.1 Å². The number of hydrogen-bond donors (Lipinski definition) is 1. The Hall–Kier alpha value is -4.18. The summed E-state index contributed by atoms with van der Waals surface area (Å²) in [6, 6.07) is 18.5. The van der Waals surface area contributed by atoms with E-state index in [2.05, 4.69) is 10.1 Å². The number of methoxy groups -OCH3 is 1. The molecule has 2 aromatic carbocycles. The molecule has 1 aromatic heterocycles. The first-order valence-corrected chi connectivity index (χ1v) is 9.13. The molecule has 0 spiro atoms. The first-order chi connectivity index (χ1) is 14.4. The van der Waals surface area contributed by atoms with Crippen molar-refractivity contribution in [2.75, 3.05) is 7.11 Å². The third-order valence-electron chi connectivity index (χ3n) is 4.58. The fraction of sp³-hybridized carbons (Fsp3) is 0.130. The number of nitriles is 1. The van der Waals surface area contributed by atoms with Crippen LogP contribution in [0.2, 0.25) is 0 Å². The molecule has 30 heavy (non-hydrogen) atoms. The van der Waals surface area contributed by atoms with Gasteiger partial charge in [-0.15, -0.1) is 0 Å². The molecule has 0 saturated carbocycles. The van der Waals surface area contributed by atoms with E-state index in [4.69, 9.17) is 5.26 Å². The van der Waals surface area contributed by atoms with Crippen LogP contribution in [0.4, 0.5) is 0 Å². The summed E-state index contributed by atoms with van der Waals surface area (Å²) < 4.78 is 6.06. The summed E-state index contributed by atoms with van der Waals surface area (Å²) in [6.07, 6.45) is 0. The van der Waals surface area contributed by atoms with E-state index in [9.17, 15) is 14.4 Å². The number of ether oxygens (including phenoxy) is 1. The molecule has 7 heteroatoms. The lowest BCUT2D eigenvalue weighted by molar-refractivity contribution is 0.0600. The summed E-state index contributed by atoms with van der Waals surface area (Å²) in [7, 11) is 1.31. The smallest absolute Gasteiger partial charge is 0.337 e. The van der Waals surface area contributed by atoms with E-state index >= 15 is 0 Å². The van der Waals surface area contributed by atoms with E-state index in [0.717, 1.165) is 5.56 Å². The molecule has 0 aliphatic rings. The zero-order valence-corrected chi connectivity index (χ0v) is 16.5. The zero-order chi connectivity index (χ0) is 21.7. The van der Waals surface area contributed by atoms with Crippen LogP contribution in [0.3, 0.4) is 0 Å². The molecule has 7 nitrogen and oxygen atoms in total. The summed E-state index contributed by atoms with van der Waals surface area (Å²) in [5.74, 6) is -0.950. The van der Waals surface area contributed by atoms with Crippen LogP contribution in [-0.4, -0.2) is 23.6 Å². The molecule has 1 amide bonds. The van der Waals surface area contributed by atoms with Crippen molar-refractivity contribution in [2.45, 2.75) is 13.5 Å². The standard InChI is InChI=1S/C23H19N3O4/c1-15-6-11-20(22(28)26(15)19-5-3-4-17(12-19)13-24)21(27)25-14-16-7-9-18(10-8-16)23(29)30-2/h3-12H,14H2,1-2H3,(H,25,27). The highest BCUT2D eigenvalue weighted by Gasteiger charge is 2.15. The topological polar surface area (TPSA) is 101 Å². The fourth-order valence-corrected chi connectivity index (χ4v) is 2.99.